The summed E-state index contributed by atoms with van der Waals surface area (Å²) in [6.07, 6.45) is 1.86. The highest BCUT2D eigenvalue weighted by molar-refractivity contribution is 7.13. The number of halogens is 4. The largest absolute Gasteiger partial charge is 0.418 e. The molecule has 184 valence electrons. The molecule has 36 heavy (non-hydrogen) atoms. The van der Waals surface area contributed by atoms with Gasteiger partial charge < -0.3 is 10.6 Å². The maximum atomic E-state index is 13.0. The zero-order valence-corrected chi connectivity index (χ0v) is 19.8. The van der Waals surface area contributed by atoms with Crippen molar-refractivity contribution in [3.63, 3.8) is 0 Å². The third-order valence-corrected chi connectivity index (χ3v) is 6.20. The minimum atomic E-state index is -4.70. The number of aromatic nitrogens is 5. The smallest absolute Gasteiger partial charge is 0.342 e. The quantitative estimate of drug-likeness (QED) is 0.365. The molecule has 0 unspecified atom stereocenters. The summed E-state index contributed by atoms with van der Waals surface area (Å²) in [5.74, 6) is -1.51. The Morgan fingerprint density at radius 2 is 1.86 bits per heavy atom. The van der Waals surface area contributed by atoms with Crippen molar-refractivity contribution in [2.45, 2.75) is 19.1 Å². The molecule has 9 nitrogen and oxygen atoms in total. The Kier molecular flexibility index (Phi) is 7.22. The molecule has 0 radical (unpaired) electrons. The van der Waals surface area contributed by atoms with Gasteiger partial charge >= 0.3 is 6.18 Å². The van der Waals surface area contributed by atoms with Gasteiger partial charge in [-0.15, -0.1) is 11.3 Å². The number of carbonyl (C=O) groups is 2. The van der Waals surface area contributed by atoms with Crippen LogP contribution in [0.4, 0.5) is 19.0 Å². The van der Waals surface area contributed by atoms with Crippen LogP contribution in [0.3, 0.4) is 0 Å². The van der Waals surface area contributed by atoms with E-state index in [2.05, 4.69) is 35.6 Å². The standard InChI is InChI=1S/C22H15ClF3N7O2S/c1-11(32-19(34)16-6-15(30-10-31-16)12-3-2-4-27-7-12)21-29-9-17(36-21)20(35)33-18-5-13(22(24,25)26)14(23)8-28-18/h2-11H,1H3,(H,32,34)(H,28,33,35)/t11-/m0/s1. The van der Waals surface area contributed by atoms with Crippen LogP contribution in [0.1, 0.15) is 43.7 Å². The van der Waals surface area contributed by atoms with E-state index in [9.17, 15) is 22.8 Å². The lowest BCUT2D eigenvalue weighted by atomic mass is 10.2. The minimum Gasteiger partial charge on any atom is -0.342 e. The average molecular weight is 534 g/mol. The van der Waals surface area contributed by atoms with E-state index in [1.807, 2.05) is 0 Å². The van der Waals surface area contributed by atoms with Gasteiger partial charge in [-0.05, 0) is 31.2 Å². The SMILES string of the molecule is C[C@H](NC(=O)c1cc(-c2cccnc2)ncn1)c1ncc(C(=O)Nc2cc(C(F)(F)F)c(Cl)cn2)s1. The lowest BCUT2D eigenvalue weighted by Crippen LogP contribution is -2.27. The Balaban J connectivity index is 1.43. The number of carbonyl (C=O) groups excluding carboxylic acids is 2. The molecule has 4 rings (SSSR count). The van der Waals surface area contributed by atoms with Crippen LogP contribution in [-0.2, 0) is 6.18 Å². The van der Waals surface area contributed by atoms with Crippen molar-refractivity contribution in [2.75, 3.05) is 5.32 Å². The summed E-state index contributed by atoms with van der Waals surface area (Å²) >= 11 is 6.51. The fourth-order valence-corrected chi connectivity index (χ4v) is 4.01. The number of nitrogens with zero attached hydrogens (tertiary/aromatic N) is 5. The second-order valence-electron chi connectivity index (χ2n) is 7.29. The van der Waals surface area contributed by atoms with Crippen LogP contribution in [0.2, 0.25) is 5.02 Å². The highest BCUT2D eigenvalue weighted by Crippen LogP contribution is 2.35. The molecule has 0 bridgehead atoms. The van der Waals surface area contributed by atoms with Crippen molar-refractivity contribution >= 4 is 40.6 Å². The van der Waals surface area contributed by atoms with E-state index in [1.165, 1.54) is 18.6 Å². The van der Waals surface area contributed by atoms with E-state index >= 15 is 0 Å². The molecule has 4 aromatic rings. The normalized spacial score (nSPS) is 12.1. The number of nitrogens with one attached hydrogen (secondary N) is 2. The number of amides is 2. The second-order valence-corrected chi connectivity index (χ2v) is 8.76. The summed E-state index contributed by atoms with van der Waals surface area (Å²) < 4.78 is 39.1. The summed E-state index contributed by atoms with van der Waals surface area (Å²) in [4.78, 5) is 45.3. The van der Waals surface area contributed by atoms with Crippen LogP contribution in [0.25, 0.3) is 11.3 Å². The third kappa shape index (κ3) is 5.80. The molecule has 4 aromatic heterocycles. The summed E-state index contributed by atoms with van der Waals surface area (Å²) in [6.45, 7) is 1.66. The number of hydrogen-bond donors (Lipinski definition) is 2. The Bertz CT molecular complexity index is 1420. The molecule has 0 saturated carbocycles. The molecule has 0 aliphatic heterocycles. The van der Waals surface area contributed by atoms with Gasteiger partial charge in [0.05, 0.1) is 28.5 Å². The Labute approximate surface area is 210 Å². The maximum absolute atomic E-state index is 13.0. The predicted molar refractivity (Wildman–Crippen MR) is 125 cm³/mol. The van der Waals surface area contributed by atoms with Crippen LogP contribution in [-0.4, -0.2) is 36.7 Å². The van der Waals surface area contributed by atoms with Gasteiger partial charge in [0.1, 0.15) is 27.7 Å². The van der Waals surface area contributed by atoms with Gasteiger partial charge in [-0.2, -0.15) is 13.2 Å². The maximum Gasteiger partial charge on any atom is 0.418 e. The van der Waals surface area contributed by atoms with Crippen molar-refractivity contribution in [2.24, 2.45) is 0 Å². The lowest BCUT2D eigenvalue weighted by molar-refractivity contribution is -0.137. The molecular weight excluding hydrogens is 519 g/mol. The highest BCUT2D eigenvalue weighted by atomic mass is 35.5. The predicted octanol–water partition coefficient (Wildman–Crippen LogP) is 4.81. The van der Waals surface area contributed by atoms with E-state index in [1.54, 1.807) is 31.5 Å². The molecule has 4 heterocycles. The van der Waals surface area contributed by atoms with Crippen LogP contribution >= 0.6 is 22.9 Å². The lowest BCUT2D eigenvalue weighted by Gasteiger charge is -2.11. The van der Waals surface area contributed by atoms with Gasteiger partial charge in [-0.1, -0.05) is 11.6 Å². The summed E-state index contributed by atoms with van der Waals surface area (Å²) in [5, 5.41) is 4.85. The van der Waals surface area contributed by atoms with Crippen molar-refractivity contribution in [3.05, 3.63) is 81.5 Å². The monoisotopic (exact) mass is 533 g/mol. The van der Waals surface area contributed by atoms with Crippen molar-refractivity contribution in [3.8, 4) is 11.3 Å². The fourth-order valence-electron chi connectivity index (χ4n) is 2.98. The second kappa shape index (κ2) is 10.3. The van der Waals surface area contributed by atoms with E-state index in [0.29, 0.717) is 16.8 Å². The number of anilines is 1. The van der Waals surface area contributed by atoms with E-state index in [0.717, 1.165) is 23.1 Å². The van der Waals surface area contributed by atoms with Crippen molar-refractivity contribution in [1.29, 1.82) is 0 Å². The highest BCUT2D eigenvalue weighted by Gasteiger charge is 2.34. The molecule has 14 heteroatoms. The Morgan fingerprint density at radius 1 is 1.06 bits per heavy atom. The van der Waals surface area contributed by atoms with Crippen molar-refractivity contribution < 1.29 is 22.8 Å². The number of rotatable bonds is 6. The van der Waals surface area contributed by atoms with Gasteiger partial charge in [0.2, 0.25) is 0 Å². The number of thiazole rings is 1. The van der Waals surface area contributed by atoms with E-state index in [4.69, 9.17) is 11.6 Å². The van der Waals surface area contributed by atoms with Gasteiger partial charge in [0, 0.05) is 24.2 Å². The van der Waals surface area contributed by atoms with Gasteiger partial charge in [0.25, 0.3) is 11.8 Å². The first-order valence-corrected chi connectivity index (χ1v) is 11.3. The zero-order valence-electron chi connectivity index (χ0n) is 18.2. The molecule has 0 fully saturated rings. The number of hydrogen-bond acceptors (Lipinski definition) is 8. The van der Waals surface area contributed by atoms with E-state index < -0.39 is 34.6 Å². The molecule has 0 aromatic carbocycles. The first kappa shape index (κ1) is 25.1. The van der Waals surface area contributed by atoms with Crippen LogP contribution < -0.4 is 10.6 Å². The molecule has 2 N–H and O–H groups in total. The zero-order chi connectivity index (χ0) is 25.9. The van der Waals surface area contributed by atoms with Crippen LogP contribution in [0.15, 0.2) is 55.4 Å². The number of pyridine rings is 2. The van der Waals surface area contributed by atoms with Gasteiger partial charge in [-0.25, -0.2) is 19.9 Å². The topological polar surface area (TPSA) is 123 Å². The minimum absolute atomic E-state index is 0.109. The first-order valence-electron chi connectivity index (χ1n) is 10.1. The summed E-state index contributed by atoms with van der Waals surface area (Å²) in [7, 11) is 0. The van der Waals surface area contributed by atoms with Crippen molar-refractivity contribution in [1.82, 2.24) is 30.2 Å². The number of alkyl halides is 3. The molecule has 0 saturated heterocycles. The molecule has 0 aliphatic rings. The summed E-state index contributed by atoms with van der Waals surface area (Å²) in [5.41, 5.74) is 0.246. The van der Waals surface area contributed by atoms with Gasteiger partial charge in [0.15, 0.2) is 0 Å². The fraction of sp³-hybridized carbons (Fsp3) is 0.136. The molecule has 0 aliphatic carbocycles. The molecule has 1 atom stereocenters. The summed E-state index contributed by atoms with van der Waals surface area (Å²) in [6, 6.07) is 5.12. The van der Waals surface area contributed by atoms with Crippen LogP contribution in [0.5, 0.6) is 0 Å². The first-order chi connectivity index (χ1) is 17.1. The van der Waals surface area contributed by atoms with E-state index in [-0.39, 0.29) is 16.4 Å². The average Bonchev–Trinajstić information content (AvgIpc) is 3.36. The van der Waals surface area contributed by atoms with Crippen LogP contribution in [0, 0.1) is 0 Å². The molecular formula is C22H15ClF3N7O2S. The third-order valence-electron chi connectivity index (χ3n) is 4.72. The Morgan fingerprint density at radius 3 is 2.58 bits per heavy atom. The Hall–Kier alpha value is -3.97. The van der Waals surface area contributed by atoms with Gasteiger partial charge in [-0.3, -0.25) is 14.6 Å². The molecule has 2 amide bonds. The molecule has 0 spiro atoms.